The molecular formula is C18H21ClN2O. The minimum Gasteiger partial charge on any atom is -0.372 e. The molecule has 2 heterocycles. The van der Waals surface area contributed by atoms with Crippen LogP contribution >= 0.6 is 12.4 Å². The molecule has 1 aliphatic carbocycles. The summed E-state index contributed by atoms with van der Waals surface area (Å²) in [5.74, 6) is 0. The molecule has 4 rings (SSSR count). The first-order valence-electron chi connectivity index (χ1n) is 7.79. The molecule has 3 nitrogen and oxygen atoms in total. The fraction of sp³-hybridized carbons (Fsp3) is 0.389. The predicted octanol–water partition coefficient (Wildman–Crippen LogP) is 3.54. The average molecular weight is 317 g/mol. The maximum Gasteiger partial charge on any atom is 0.0952 e. The van der Waals surface area contributed by atoms with Crippen molar-refractivity contribution in [3.05, 3.63) is 53.9 Å². The van der Waals surface area contributed by atoms with Crippen molar-refractivity contribution in [1.82, 2.24) is 10.3 Å². The number of hydrogen-bond acceptors (Lipinski definition) is 3. The van der Waals surface area contributed by atoms with Gasteiger partial charge in [0.25, 0.3) is 0 Å². The summed E-state index contributed by atoms with van der Waals surface area (Å²) >= 11 is 0. The Morgan fingerprint density at radius 2 is 1.95 bits per heavy atom. The SMILES string of the molecule is Cl.c1cc(-c2ccncc2)c2c(c1)C(CNC1CC1)OCC2. The number of nitrogens with zero attached hydrogens (tertiary/aromatic N) is 1. The van der Waals surface area contributed by atoms with Gasteiger partial charge in [0, 0.05) is 25.0 Å². The van der Waals surface area contributed by atoms with Gasteiger partial charge in [-0.2, -0.15) is 0 Å². The van der Waals surface area contributed by atoms with Crippen molar-refractivity contribution in [3.8, 4) is 11.1 Å². The van der Waals surface area contributed by atoms with Crippen molar-refractivity contribution in [2.24, 2.45) is 0 Å². The Hall–Kier alpha value is -1.42. The van der Waals surface area contributed by atoms with Gasteiger partial charge >= 0.3 is 0 Å². The first-order chi connectivity index (χ1) is 10.4. The van der Waals surface area contributed by atoms with E-state index in [4.69, 9.17) is 4.74 Å². The van der Waals surface area contributed by atoms with Crippen molar-refractivity contribution in [2.45, 2.75) is 31.4 Å². The molecule has 1 unspecified atom stereocenters. The van der Waals surface area contributed by atoms with Gasteiger partial charge in [0.05, 0.1) is 12.7 Å². The fourth-order valence-corrected chi connectivity index (χ4v) is 3.11. The highest BCUT2D eigenvalue weighted by Gasteiger charge is 2.26. The summed E-state index contributed by atoms with van der Waals surface area (Å²) in [6.45, 7) is 1.74. The van der Waals surface area contributed by atoms with E-state index in [0.717, 1.165) is 25.6 Å². The number of benzene rings is 1. The maximum atomic E-state index is 6.00. The van der Waals surface area contributed by atoms with Gasteiger partial charge < -0.3 is 10.1 Å². The zero-order valence-electron chi connectivity index (χ0n) is 12.5. The lowest BCUT2D eigenvalue weighted by molar-refractivity contribution is 0.0425. The molecular weight excluding hydrogens is 296 g/mol. The highest BCUT2D eigenvalue weighted by molar-refractivity contribution is 5.85. The summed E-state index contributed by atoms with van der Waals surface area (Å²) in [7, 11) is 0. The number of pyridine rings is 1. The molecule has 2 aliphatic rings. The number of aromatic nitrogens is 1. The Morgan fingerprint density at radius 3 is 2.73 bits per heavy atom. The van der Waals surface area contributed by atoms with Gasteiger partial charge in [-0.15, -0.1) is 12.4 Å². The minimum atomic E-state index is 0. The Balaban J connectivity index is 0.00000144. The summed E-state index contributed by atoms with van der Waals surface area (Å²) in [6.07, 6.45) is 7.54. The van der Waals surface area contributed by atoms with Gasteiger partial charge in [-0.1, -0.05) is 18.2 Å². The molecule has 2 aromatic rings. The lowest BCUT2D eigenvalue weighted by Crippen LogP contribution is -2.29. The van der Waals surface area contributed by atoms with Crippen LogP contribution in [0.15, 0.2) is 42.7 Å². The summed E-state index contributed by atoms with van der Waals surface area (Å²) < 4.78 is 6.00. The van der Waals surface area contributed by atoms with Gasteiger partial charge in [-0.05, 0) is 53.6 Å². The van der Waals surface area contributed by atoms with Crippen molar-refractivity contribution >= 4 is 12.4 Å². The summed E-state index contributed by atoms with van der Waals surface area (Å²) in [6, 6.07) is 11.5. The number of hydrogen-bond donors (Lipinski definition) is 1. The standard InChI is InChI=1S/C18H20N2O.ClH/c1-2-15(13-6-9-19-10-7-13)16-8-11-21-18(17(16)3-1)12-20-14-4-5-14;/h1-3,6-7,9-10,14,18,20H,4-5,8,11-12H2;1H. The van der Waals surface area contributed by atoms with Crippen LogP contribution in [0.2, 0.25) is 0 Å². The summed E-state index contributed by atoms with van der Waals surface area (Å²) in [4.78, 5) is 4.12. The van der Waals surface area contributed by atoms with Gasteiger partial charge in [0.15, 0.2) is 0 Å². The van der Waals surface area contributed by atoms with Crippen LogP contribution in [0, 0.1) is 0 Å². The third-order valence-electron chi connectivity index (χ3n) is 4.39. The predicted molar refractivity (Wildman–Crippen MR) is 90.3 cm³/mol. The molecule has 1 aromatic carbocycles. The molecule has 0 saturated heterocycles. The molecule has 116 valence electrons. The smallest absolute Gasteiger partial charge is 0.0952 e. The lowest BCUT2D eigenvalue weighted by Gasteiger charge is -2.28. The number of nitrogens with one attached hydrogen (secondary N) is 1. The third-order valence-corrected chi connectivity index (χ3v) is 4.39. The second kappa shape index (κ2) is 6.78. The molecule has 0 radical (unpaired) electrons. The molecule has 1 N–H and O–H groups in total. The first kappa shape index (κ1) is 15.5. The second-order valence-corrected chi connectivity index (χ2v) is 5.90. The molecule has 1 aliphatic heterocycles. The average Bonchev–Trinajstić information content (AvgIpc) is 3.37. The minimum absolute atomic E-state index is 0. The highest BCUT2D eigenvalue weighted by atomic mass is 35.5. The molecule has 1 fully saturated rings. The monoisotopic (exact) mass is 316 g/mol. The molecule has 1 aromatic heterocycles. The number of rotatable bonds is 4. The maximum absolute atomic E-state index is 6.00. The van der Waals surface area contributed by atoms with E-state index in [9.17, 15) is 0 Å². The summed E-state index contributed by atoms with van der Waals surface area (Å²) in [5, 5.41) is 3.59. The van der Waals surface area contributed by atoms with Crippen LogP contribution in [0.5, 0.6) is 0 Å². The van der Waals surface area contributed by atoms with Crippen molar-refractivity contribution in [2.75, 3.05) is 13.2 Å². The quantitative estimate of drug-likeness (QED) is 0.937. The van der Waals surface area contributed by atoms with Gasteiger partial charge in [0.2, 0.25) is 0 Å². The molecule has 1 atom stereocenters. The van der Waals surface area contributed by atoms with Crippen LogP contribution in [0.3, 0.4) is 0 Å². The van der Waals surface area contributed by atoms with Crippen LogP contribution in [0.4, 0.5) is 0 Å². The number of ether oxygens (including phenoxy) is 1. The normalized spacial score (nSPS) is 20.1. The molecule has 4 heteroatoms. The lowest BCUT2D eigenvalue weighted by atomic mass is 9.90. The Kier molecular flexibility index (Phi) is 4.77. The molecule has 0 amide bonds. The molecule has 22 heavy (non-hydrogen) atoms. The molecule has 1 saturated carbocycles. The van der Waals surface area contributed by atoms with E-state index in [2.05, 4.69) is 40.6 Å². The largest absolute Gasteiger partial charge is 0.372 e. The highest BCUT2D eigenvalue weighted by Crippen LogP contribution is 2.34. The zero-order chi connectivity index (χ0) is 14.1. The Labute approximate surface area is 137 Å². The van der Waals surface area contributed by atoms with Crippen LogP contribution < -0.4 is 5.32 Å². The van der Waals surface area contributed by atoms with Crippen LogP contribution in [-0.4, -0.2) is 24.2 Å². The van der Waals surface area contributed by atoms with Gasteiger partial charge in [-0.25, -0.2) is 0 Å². The van der Waals surface area contributed by atoms with E-state index in [0.29, 0.717) is 0 Å². The van der Waals surface area contributed by atoms with E-state index in [1.54, 1.807) is 0 Å². The Bertz CT molecular complexity index is 628. The van der Waals surface area contributed by atoms with Crippen LogP contribution in [-0.2, 0) is 11.2 Å². The first-order valence-corrected chi connectivity index (χ1v) is 7.79. The van der Waals surface area contributed by atoms with Crippen LogP contribution in [0.1, 0.15) is 30.1 Å². The fourth-order valence-electron chi connectivity index (χ4n) is 3.11. The molecule has 0 spiro atoms. The number of fused-ring (bicyclic) bond motifs is 1. The van der Waals surface area contributed by atoms with Gasteiger partial charge in [0.1, 0.15) is 0 Å². The van der Waals surface area contributed by atoms with Gasteiger partial charge in [-0.3, -0.25) is 4.98 Å². The topological polar surface area (TPSA) is 34.2 Å². The zero-order valence-corrected chi connectivity index (χ0v) is 13.3. The second-order valence-electron chi connectivity index (χ2n) is 5.90. The van der Waals surface area contributed by atoms with E-state index < -0.39 is 0 Å². The third kappa shape index (κ3) is 3.17. The van der Waals surface area contributed by atoms with Crippen molar-refractivity contribution in [1.29, 1.82) is 0 Å². The molecule has 0 bridgehead atoms. The Morgan fingerprint density at radius 1 is 1.14 bits per heavy atom. The van der Waals surface area contributed by atoms with Crippen LogP contribution in [0.25, 0.3) is 11.1 Å². The van der Waals surface area contributed by atoms with Crippen molar-refractivity contribution in [3.63, 3.8) is 0 Å². The van der Waals surface area contributed by atoms with E-state index in [1.165, 1.54) is 35.1 Å². The van der Waals surface area contributed by atoms with E-state index in [1.807, 2.05) is 12.4 Å². The van der Waals surface area contributed by atoms with E-state index in [-0.39, 0.29) is 18.5 Å². The van der Waals surface area contributed by atoms with Crippen molar-refractivity contribution < 1.29 is 4.74 Å². The van der Waals surface area contributed by atoms with E-state index >= 15 is 0 Å². The summed E-state index contributed by atoms with van der Waals surface area (Å²) in [5.41, 5.74) is 5.37. The number of halogens is 1.